The molecule has 2 N–H and O–H groups in total. The summed E-state index contributed by atoms with van der Waals surface area (Å²) in [7, 11) is 3.45. The van der Waals surface area contributed by atoms with Crippen LogP contribution in [0, 0.1) is 0 Å². The molecule has 142 valence electrons. The molecule has 0 saturated carbocycles. The van der Waals surface area contributed by atoms with Crippen LogP contribution < -0.4 is 10.6 Å². The fraction of sp³-hybridized carbons (Fsp3) is 0.706. The van der Waals surface area contributed by atoms with Gasteiger partial charge in [0.05, 0.1) is 5.01 Å². The van der Waals surface area contributed by atoms with Crippen molar-refractivity contribution < 1.29 is 9.53 Å². The number of likely N-dealkylation sites (N-methyl/N-ethyl adjacent to an activating group) is 1. The first-order valence-electron chi connectivity index (χ1n) is 8.57. The van der Waals surface area contributed by atoms with Gasteiger partial charge in [0, 0.05) is 51.2 Å². The summed E-state index contributed by atoms with van der Waals surface area (Å²) in [4.78, 5) is 23.3. The van der Waals surface area contributed by atoms with Gasteiger partial charge in [-0.2, -0.15) is 0 Å². The molecule has 0 aliphatic rings. The molecule has 1 aromatic rings. The summed E-state index contributed by atoms with van der Waals surface area (Å²) >= 11 is 1.75. The molecule has 0 aromatic carbocycles. The van der Waals surface area contributed by atoms with Crippen LogP contribution in [0.25, 0.3) is 0 Å². The molecule has 0 aliphatic heterocycles. The SMILES string of the molecule is CCc1cnc(CCNC(=NC)NCCN(C)C(=O)OC(C)(C)C)s1. The number of aliphatic imine (C=N–C) groups is 1. The van der Waals surface area contributed by atoms with Crippen molar-refractivity contribution in [3.05, 3.63) is 16.1 Å². The van der Waals surface area contributed by atoms with E-state index in [9.17, 15) is 4.79 Å². The highest BCUT2D eigenvalue weighted by atomic mass is 32.1. The van der Waals surface area contributed by atoms with Crippen LogP contribution in [0.15, 0.2) is 11.2 Å². The third-order valence-corrected chi connectivity index (χ3v) is 4.45. The number of thiazole rings is 1. The summed E-state index contributed by atoms with van der Waals surface area (Å²) in [5, 5.41) is 7.58. The normalized spacial score (nSPS) is 12.0. The maximum Gasteiger partial charge on any atom is 0.410 e. The van der Waals surface area contributed by atoms with E-state index in [0.29, 0.717) is 19.0 Å². The van der Waals surface area contributed by atoms with Gasteiger partial charge in [0.2, 0.25) is 0 Å². The lowest BCUT2D eigenvalue weighted by Gasteiger charge is -2.24. The monoisotopic (exact) mass is 369 g/mol. The molecule has 0 atom stereocenters. The molecule has 0 fully saturated rings. The van der Waals surface area contributed by atoms with Crippen LogP contribution in [0.3, 0.4) is 0 Å². The molecule has 1 amide bonds. The molecule has 1 heterocycles. The minimum absolute atomic E-state index is 0.326. The van der Waals surface area contributed by atoms with Crippen molar-refractivity contribution in [2.45, 2.75) is 46.1 Å². The summed E-state index contributed by atoms with van der Waals surface area (Å²) in [5.41, 5.74) is -0.482. The van der Waals surface area contributed by atoms with Gasteiger partial charge in [0.25, 0.3) is 0 Å². The first-order chi connectivity index (χ1) is 11.7. The predicted octanol–water partition coefficient (Wildman–Crippen LogP) is 2.28. The van der Waals surface area contributed by atoms with Gasteiger partial charge in [-0.15, -0.1) is 11.3 Å². The number of nitrogens with one attached hydrogen (secondary N) is 2. The summed E-state index contributed by atoms with van der Waals surface area (Å²) in [5.74, 6) is 0.713. The largest absolute Gasteiger partial charge is 0.444 e. The van der Waals surface area contributed by atoms with Crippen LogP contribution in [0.5, 0.6) is 0 Å². The van der Waals surface area contributed by atoms with Crippen molar-refractivity contribution >= 4 is 23.4 Å². The van der Waals surface area contributed by atoms with E-state index in [-0.39, 0.29) is 6.09 Å². The number of nitrogens with zero attached hydrogens (tertiary/aromatic N) is 3. The third-order valence-electron chi connectivity index (χ3n) is 3.25. The second-order valence-corrected chi connectivity index (χ2v) is 7.85. The van der Waals surface area contributed by atoms with E-state index in [4.69, 9.17) is 4.74 Å². The molecule has 1 rings (SSSR count). The number of aromatic nitrogens is 1. The zero-order chi connectivity index (χ0) is 18.9. The van der Waals surface area contributed by atoms with Crippen molar-refractivity contribution in [2.24, 2.45) is 4.99 Å². The van der Waals surface area contributed by atoms with Gasteiger partial charge in [0.1, 0.15) is 5.60 Å². The second-order valence-electron chi connectivity index (χ2n) is 6.65. The highest BCUT2D eigenvalue weighted by molar-refractivity contribution is 7.11. The maximum atomic E-state index is 11.9. The lowest BCUT2D eigenvalue weighted by atomic mass is 10.2. The van der Waals surface area contributed by atoms with E-state index in [1.807, 2.05) is 27.0 Å². The average molecular weight is 370 g/mol. The average Bonchev–Trinajstić information content (AvgIpc) is 2.99. The molecule has 1 aromatic heterocycles. The Hall–Kier alpha value is -1.83. The number of guanidine groups is 1. The van der Waals surface area contributed by atoms with Crippen LogP contribution in [0.2, 0.25) is 0 Å². The zero-order valence-electron chi connectivity index (χ0n) is 16.2. The fourth-order valence-corrected chi connectivity index (χ4v) is 2.77. The molecule has 25 heavy (non-hydrogen) atoms. The van der Waals surface area contributed by atoms with Gasteiger partial charge in [-0.25, -0.2) is 9.78 Å². The van der Waals surface area contributed by atoms with Crippen molar-refractivity contribution in [3.63, 3.8) is 0 Å². The minimum atomic E-state index is -0.482. The quantitative estimate of drug-likeness (QED) is 0.569. The smallest absolute Gasteiger partial charge is 0.410 e. The lowest BCUT2D eigenvalue weighted by Crippen LogP contribution is -2.43. The number of rotatable bonds is 7. The standard InChI is InChI=1S/C17H31N5O2S/c1-7-13-12-21-14(25-13)8-9-19-15(18-5)20-10-11-22(6)16(23)24-17(2,3)4/h12H,7-11H2,1-6H3,(H2,18,19,20). The van der Waals surface area contributed by atoms with Crippen LogP contribution in [-0.4, -0.2) is 61.3 Å². The second kappa shape index (κ2) is 10.2. The molecule has 0 saturated heterocycles. The van der Waals surface area contributed by atoms with Crippen molar-refractivity contribution in [2.75, 3.05) is 33.7 Å². The van der Waals surface area contributed by atoms with Gasteiger partial charge in [-0.3, -0.25) is 4.99 Å². The lowest BCUT2D eigenvalue weighted by molar-refractivity contribution is 0.0302. The fourth-order valence-electron chi connectivity index (χ4n) is 1.91. The van der Waals surface area contributed by atoms with E-state index in [0.717, 1.165) is 24.4 Å². The Morgan fingerprint density at radius 3 is 2.60 bits per heavy atom. The van der Waals surface area contributed by atoms with Crippen LogP contribution in [0.1, 0.15) is 37.6 Å². The Morgan fingerprint density at radius 2 is 2.04 bits per heavy atom. The highest BCUT2D eigenvalue weighted by Crippen LogP contribution is 2.13. The number of ether oxygens (including phenoxy) is 1. The van der Waals surface area contributed by atoms with E-state index in [1.54, 1.807) is 30.3 Å². The topological polar surface area (TPSA) is 78.9 Å². The number of hydrogen-bond acceptors (Lipinski definition) is 5. The van der Waals surface area contributed by atoms with E-state index in [2.05, 4.69) is 27.5 Å². The molecule has 8 heteroatoms. The van der Waals surface area contributed by atoms with E-state index < -0.39 is 5.60 Å². The number of hydrogen-bond donors (Lipinski definition) is 2. The van der Waals surface area contributed by atoms with Crippen molar-refractivity contribution in [1.29, 1.82) is 0 Å². The zero-order valence-corrected chi connectivity index (χ0v) is 17.0. The van der Waals surface area contributed by atoms with Gasteiger partial charge in [-0.05, 0) is 27.2 Å². The molecule has 0 unspecified atom stereocenters. The number of carbonyl (C=O) groups excluding carboxylic acids is 1. The summed E-state index contributed by atoms with van der Waals surface area (Å²) < 4.78 is 5.32. The van der Waals surface area contributed by atoms with Crippen LogP contribution in [0.4, 0.5) is 4.79 Å². The molecular weight excluding hydrogens is 338 g/mol. The molecule has 0 aliphatic carbocycles. The molecule has 0 spiro atoms. The van der Waals surface area contributed by atoms with E-state index in [1.165, 1.54) is 4.88 Å². The first kappa shape index (κ1) is 21.2. The summed E-state index contributed by atoms with van der Waals surface area (Å²) in [6.07, 6.45) is 3.51. The predicted molar refractivity (Wildman–Crippen MR) is 103 cm³/mol. The number of aryl methyl sites for hydroxylation is 1. The molecule has 0 bridgehead atoms. The van der Waals surface area contributed by atoms with Gasteiger partial charge in [0.15, 0.2) is 5.96 Å². The number of amides is 1. The van der Waals surface area contributed by atoms with Crippen LogP contribution >= 0.6 is 11.3 Å². The maximum absolute atomic E-state index is 11.9. The number of carbonyl (C=O) groups is 1. The van der Waals surface area contributed by atoms with Gasteiger partial charge >= 0.3 is 6.09 Å². The third kappa shape index (κ3) is 8.72. The van der Waals surface area contributed by atoms with E-state index >= 15 is 0 Å². The molecule has 7 nitrogen and oxygen atoms in total. The Kier molecular flexibility index (Phi) is 8.68. The Balaban J connectivity index is 2.26. The van der Waals surface area contributed by atoms with Gasteiger partial charge < -0.3 is 20.3 Å². The summed E-state index contributed by atoms with van der Waals surface area (Å²) in [6, 6.07) is 0. The van der Waals surface area contributed by atoms with Crippen molar-refractivity contribution in [1.82, 2.24) is 20.5 Å². The minimum Gasteiger partial charge on any atom is -0.444 e. The van der Waals surface area contributed by atoms with Crippen molar-refractivity contribution in [3.8, 4) is 0 Å². The molecular formula is C17H31N5O2S. The Morgan fingerprint density at radius 1 is 1.36 bits per heavy atom. The first-order valence-corrected chi connectivity index (χ1v) is 9.39. The highest BCUT2D eigenvalue weighted by Gasteiger charge is 2.19. The Bertz CT molecular complexity index is 566. The molecule has 0 radical (unpaired) electrons. The van der Waals surface area contributed by atoms with Crippen LogP contribution in [-0.2, 0) is 17.6 Å². The summed E-state index contributed by atoms with van der Waals surface area (Å²) in [6.45, 7) is 9.58. The van der Waals surface area contributed by atoms with Gasteiger partial charge in [-0.1, -0.05) is 6.92 Å². The Labute approximate surface area is 154 Å².